The quantitative estimate of drug-likeness (QED) is 0.904. The first-order valence-corrected chi connectivity index (χ1v) is 8.30. The third-order valence-electron chi connectivity index (χ3n) is 4.53. The summed E-state index contributed by atoms with van der Waals surface area (Å²) in [6.07, 6.45) is 1.67. The molecule has 1 aromatic carbocycles. The Morgan fingerprint density at radius 3 is 3.00 bits per heavy atom. The van der Waals surface area contributed by atoms with Crippen LogP contribution in [0.1, 0.15) is 17.4 Å². The molecular formula is C17H21N5O3. The van der Waals surface area contributed by atoms with Gasteiger partial charge in [-0.2, -0.15) is 0 Å². The van der Waals surface area contributed by atoms with Gasteiger partial charge in [0.05, 0.1) is 38.2 Å². The van der Waals surface area contributed by atoms with Crippen molar-refractivity contribution < 1.29 is 14.3 Å². The topological polar surface area (TPSA) is 81.5 Å². The molecule has 25 heavy (non-hydrogen) atoms. The molecular weight excluding hydrogens is 322 g/mol. The predicted molar refractivity (Wildman–Crippen MR) is 92.1 cm³/mol. The van der Waals surface area contributed by atoms with E-state index in [1.165, 1.54) is 0 Å². The van der Waals surface area contributed by atoms with Gasteiger partial charge in [0, 0.05) is 18.2 Å². The fraction of sp³-hybridized carbons (Fsp3) is 0.471. The summed E-state index contributed by atoms with van der Waals surface area (Å²) in [6, 6.07) is 5.60. The van der Waals surface area contributed by atoms with Crippen LogP contribution in [0.25, 0.3) is 0 Å². The van der Waals surface area contributed by atoms with Crippen LogP contribution in [0.3, 0.4) is 0 Å². The Kier molecular flexibility index (Phi) is 3.84. The van der Waals surface area contributed by atoms with Gasteiger partial charge in [0.2, 0.25) is 0 Å². The molecule has 4 rings (SSSR count). The van der Waals surface area contributed by atoms with Crippen molar-refractivity contribution in [1.82, 2.24) is 15.0 Å². The van der Waals surface area contributed by atoms with Gasteiger partial charge in [-0.25, -0.2) is 0 Å². The zero-order chi connectivity index (χ0) is 17.4. The number of nitrogens with zero attached hydrogens (tertiary/aromatic N) is 4. The molecule has 3 heterocycles. The summed E-state index contributed by atoms with van der Waals surface area (Å²) in [5.41, 5.74) is 2.04. The summed E-state index contributed by atoms with van der Waals surface area (Å²) in [7, 11) is 2.00. The summed E-state index contributed by atoms with van der Waals surface area (Å²) in [5.74, 6) is 0.550. The number of fused-ring (bicyclic) bond motifs is 1. The molecule has 0 spiro atoms. The van der Waals surface area contributed by atoms with Crippen LogP contribution in [0.2, 0.25) is 0 Å². The number of hydrogen-bond acceptors (Lipinski definition) is 6. The minimum atomic E-state index is -0.277. The number of hydrogen-bond donors (Lipinski definition) is 1. The molecule has 1 amide bonds. The maximum Gasteiger partial charge on any atom is 0.277 e. The Morgan fingerprint density at radius 2 is 2.24 bits per heavy atom. The van der Waals surface area contributed by atoms with E-state index in [0.29, 0.717) is 37.7 Å². The number of carbonyl (C=O) groups is 1. The normalized spacial score (nSPS) is 18.1. The molecule has 0 bridgehead atoms. The van der Waals surface area contributed by atoms with Crippen molar-refractivity contribution in [2.24, 2.45) is 5.41 Å². The van der Waals surface area contributed by atoms with Crippen LogP contribution < -0.4 is 15.0 Å². The van der Waals surface area contributed by atoms with Crippen LogP contribution >= 0.6 is 0 Å². The zero-order valence-electron chi connectivity index (χ0n) is 14.4. The van der Waals surface area contributed by atoms with Crippen molar-refractivity contribution in [2.45, 2.75) is 13.5 Å². The average Bonchev–Trinajstić information content (AvgIpc) is 3.03. The van der Waals surface area contributed by atoms with Crippen molar-refractivity contribution in [2.75, 3.05) is 43.6 Å². The fourth-order valence-corrected chi connectivity index (χ4v) is 3.04. The molecule has 1 saturated heterocycles. The smallest absolute Gasteiger partial charge is 0.277 e. The van der Waals surface area contributed by atoms with Gasteiger partial charge in [-0.3, -0.25) is 9.48 Å². The van der Waals surface area contributed by atoms with Gasteiger partial charge in [-0.1, -0.05) is 12.1 Å². The second kappa shape index (κ2) is 6.03. The van der Waals surface area contributed by atoms with Crippen LogP contribution in [0, 0.1) is 5.41 Å². The standard InChI is InChI=1S/C17H21N5O3/c1-17(10-24-11-17)9-22-8-13(19-20-22)16(23)18-12-3-4-15-14(7-12)21(2)5-6-25-15/h3-4,7-8H,5-6,9-11H2,1-2H3,(H,18,23). The highest BCUT2D eigenvalue weighted by molar-refractivity contribution is 6.03. The molecule has 2 aliphatic heterocycles. The number of aromatic nitrogens is 3. The molecule has 0 aliphatic carbocycles. The lowest BCUT2D eigenvalue weighted by molar-refractivity contribution is -0.111. The number of carbonyl (C=O) groups excluding carboxylic acids is 1. The fourth-order valence-electron chi connectivity index (χ4n) is 3.04. The molecule has 0 saturated carbocycles. The van der Waals surface area contributed by atoms with E-state index in [9.17, 15) is 4.79 Å². The maximum atomic E-state index is 12.4. The number of nitrogens with one attached hydrogen (secondary N) is 1. The van der Waals surface area contributed by atoms with Gasteiger partial charge < -0.3 is 19.7 Å². The first-order valence-electron chi connectivity index (χ1n) is 8.30. The molecule has 1 N–H and O–H groups in total. The van der Waals surface area contributed by atoms with Crippen molar-refractivity contribution in [1.29, 1.82) is 0 Å². The van der Waals surface area contributed by atoms with Crippen LogP contribution in [-0.4, -0.2) is 54.3 Å². The van der Waals surface area contributed by atoms with E-state index < -0.39 is 0 Å². The van der Waals surface area contributed by atoms with Gasteiger partial charge in [0.15, 0.2) is 5.69 Å². The van der Waals surface area contributed by atoms with Crippen LogP contribution in [-0.2, 0) is 11.3 Å². The van der Waals surface area contributed by atoms with E-state index in [1.807, 2.05) is 25.2 Å². The lowest BCUT2D eigenvalue weighted by Crippen LogP contribution is -2.43. The van der Waals surface area contributed by atoms with E-state index >= 15 is 0 Å². The third kappa shape index (κ3) is 3.17. The number of benzene rings is 1. The molecule has 0 atom stereocenters. The molecule has 0 radical (unpaired) electrons. The van der Waals surface area contributed by atoms with Crippen LogP contribution in [0.4, 0.5) is 11.4 Å². The Balaban J connectivity index is 1.45. The summed E-state index contributed by atoms with van der Waals surface area (Å²) < 4.78 is 12.6. The highest BCUT2D eigenvalue weighted by Gasteiger charge is 2.34. The minimum absolute atomic E-state index is 0.0739. The Hall–Kier alpha value is -2.61. The SMILES string of the molecule is CN1CCOc2ccc(NC(=O)c3cn(CC4(C)COC4)nn3)cc21. The summed E-state index contributed by atoms with van der Waals surface area (Å²) in [4.78, 5) is 14.5. The maximum absolute atomic E-state index is 12.4. The monoisotopic (exact) mass is 343 g/mol. The first kappa shape index (κ1) is 15.9. The molecule has 1 aromatic heterocycles. The van der Waals surface area contributed by atoms with Crippen molar-refractivity contribution in [3.63, 3.8) is 0 Å². The highest BCUT2D eigenvalue weighted by atomic mass is 16.5. The average molecular weight is 343 g/mol. The Morgan fingerprint density at radius 1 is 1.40 bits per heavy atom. The predicted octanol–water partition coefficient (Wildman–Crippen LogP) is 1.40. The van der Waals surface area contributed by atoms with E-state index in [0.717, 1.165) is 18.0 Å². The van der Waals surface area contributed by atoms with E-state index in [-0.39, 0.29) is 11.3 Å². The molecule has 0 unspecified atom stereocenters. The van der Waals surface area contributed by atoms with Crippen molar-refractivity contribution in [3.05, 3.63) is 30.1 Å². The van der Waals surface area contributed by atoms with E-state index in [4.69, 9.17) is 9.47 Å². The summed E-state index contributed by atoms with van der Waals surface area (Å²) in [5, 5.41) is 10.9. The van der Waals surface area contributed by atoms with E-state index in [1.54, 1.807) is 10.9 Å². The number of ether oxygens (including phenoxy) is 2. The second-order valence-corrected chi connectivity index (χ2v) is 7.01. The number of amides is 1. The number of rotatable bonds is 4. The number of likely N-dealkylation sites (N-methyl/N-ethyl adjacent to an activating group) is 1. The molecule has 2 aromatic rings. The van der Waals surface area contributed by atoms with Gasteiger partial charge in [-0.15, -0.1) is 5.10 Å². The van der Waals surface area contributed by atoms with Gasteiger partial charge in [0.1, 0.15) is 12.4 Å². The first-order chi connectivity index (χ1) is 12.0. The van der Waals surface area contributed by atoms with Gasteiger partial charge in [-0.05, 0) is 18.2 Å². The zero-order valence-corrected chi connectivity index (χ0v) is 14.4. The number of anilines is 2. The molecule has 8 nitrogen and oxygen atoms in total. The largest absolute Gasteiger partial charge is 0.490 e. The molecule has 132 valence electrons. The highest BCUT2D eigenvalue weighted by Crippen LogP contribution is 2.33. The minimum Gasteiger partial charge on any atom is -0.490 e. The Bertz CT molecular complexity index is 799. The summed E-state index contributed by atoms with van der Waals surface area (Å²) >= 11 is 0. The van der Waals surface area contributed by atoms with Crippen molar-refractivity contribution in [3.8, 4) is 5.75 Å². The molecule has 2 aliphatic rings. The van der Waals surface area contributed by atoms with E-state index in [2.05, 4.69) is 27.5 Å². The Labute approximate surface area is 145 Å². The lowest BCUT2D eigenvalue weighted by Gasteiger charge is -2.37. The van der Waals surface area contributed by atoms with Crippen molar-refractivity contribution >= 4 is 17.3 Å². The summed E-state index contributed by atoms with van der Waals surface area (Å²) in [6.45, 7) is 5.72. The third-order valence-corrected chi connectivity index (χ3v) is 4.53. The lowest BCUT2D eigenvalue weighted by atomic mass is 9.89. The van der Waals surface area contributed by atoms with Crippen LogP contribution in [0.15, 0.2) is 24.4 Å². The van der Waals surface area contributed by atoms with Gasteiger partial charge >= 0.3 is 0 Å². The van der Waals surface area contributed by atoms with Crippen LogP contribution in [0.5, 0.6) is 5.75 Å². The molecule has 8 heteroatoms. The molecule has 1 fully saturated rings. The van der Waals surface area contributed by atoms with Gasteiger partial charge in [0.25, 0.3) is 5.91 Å². The second-order valence-electron chi connectivity index (χ2n) is 7.01.